The molecule has 0 spiro atoms. The number of nitrogens with zero attached hydrogens (tertiary/aromatic N) is 1. The second-order valence-electron chi connectivity index (χ2n) is 6.85. The van der Waals surface area contributed by atoms with E-state index in [9.17, 15) is 13.5 Å². The molecule has 0 bridgehead atoms. The number of ether oxygens (including phenoxy) is 1. The number of rotatable bonds is 5. The first kappa shape index (κ1) is 17.8. The molecule has 0 aromatic rings. The zero-order chi connectivity index (χ0) is 15.6. The Labute approximate surface area is 122 Å². The SMILES string of the molecule is CC1CN(S(=O)(=O)NCC(O)CC(C)(C)C)CC(C)O1. The predicted octanol–water partition coefficient (Wildman–Crippen LogP) is 0.727. The van der Waals surface area contributed by atoms with Crippen molar-refractivity contribution in [3.63, 3.8) is 0 Å². The fourth-order valence-electron chi connectivity index (χ4n) is 2.40. The molecule has 1 aliphatic rings. The number of morpholine rings is 1. The molecule has 6 nitrogen and oxygen atoms in total. The summed E-state index contributed by atoms with van der Waals surface area (Å²) in [7, 11) is -3.56. The summed E-state index contributed by atoms with van der Waals surface area (Å²) in [6, 6.07) is 0. The van der Waals surface area contributed by atoms with Gasteiger partial charge in [0.1, 0.15) is 0 Å². The monoisotopic (exact) mass is 308 g/mol. The Morgan fingerprint density at radius 1 is 1.30 bits per heavy atom. The molecular weight excluding hydrogens is 280 g/mol. The molecule has 3 atom stereocenters. The molecule has 20 heavy (non-hydrogen) atoms. The average Bonchev–Trinajstić information content (AvgIpc) is 2.23. The van der Waals surface area contributed by atoms with Gasteiger partial charge in [0.15, 0.2) is 0 Å². The molecule has 1 fully saturated rings. The van der Waals surface area contributed by atoms with Crippen molar-refractivity contribution in [1.29, 1.82) is 0 Å². The Kier molecular flexibility index (Phi) is 5.98. The second kappa shape index (κ2) is 6.70. The van der Waals surface area contributed by atoms with Crippen molar-refractivity contribution in [2.24, 2.45) is 5.41 Å². The minimum absolute atomic E-state index is 0.0349. The summed E-state index contributed by atoms with van der Waals surface area (Å²) in [6.07, 6.45) is -0.365. The maximum Gasteiger partial charge on any atom is 0.279 e. The van der Waals surface area contributed by atoms with Crippen molar-refractivity contribution in [3.05, 3.63) is 0 Å². The lowest BCUT2D eigenvalue weighted by atomic mass is 9.89. The molecule has 1 aliphatic heterocycles. The van der Waals surface area contributed by atoms with E-state index in [1.165, 1.54) is 4.31 Å². The summed E-state index contributed by atoms with van der Waals surface area (Å²) in [5.74, 6) is 0. The van der Waals surface area contributed by atoms with E-state index in [-0.39, 0.29) is 24.2 Å². The van der Waals surface area contributed by atoms with E-state index >= 15 is 0 Å². The van der Waals surface area contributed by atoms with E-state index in [1.54, 1.807) is 0 Å². The van der Waals surface area contributed by atoms with Crippen LogP contribution in [0.3, 0.4) is 0 Å². The van der Waals surface area contributed by atoms with Crippen LogP contribution in [0.1, 0.15) is 41.0 Å². The summed E-state index contributed by atoms with van der Waals surface area (Å²) in [5.41, 5.74) is -0.0349. The minimum Gasteiger partial charge on any atom is -0.392 e. The standard InChI is InChI=1S/C13H28N2O4S/c1-10-8-15(9-11(2)19-10)20(17,18)14-7-12(16)6-13(3,4)5/h10-12,14,16H,6-9H2,1-5H3. The van der Waals surface area contributed by atoms with Gasteiger partial charge in [-0.15, -0.1) is 0 Å². The Morgan fingerprint density at radius 3 is 2.25 bits per heavy atom. The first-order valence-electron chi connectivity index (χ1n) is 7.08. The van der Waals surface area contributed by atoms with Crippen molar-refractivity contribution in [1.82, 2.24) is 9.03 Å². The van der Waals surface area contributed by atoms with Crippen molar-refractivity contribution < 1.29 is 18.3 Å². The molecule has 0 radical (unpaired) electrons. The zero-order valence-electron chi connectivity index (χ0n) is 13.1. The first-order chi connectivity index (χ1) is 8.99. The van der Waals surface area contributed by atoms with Gasteiger partial charge in [-0.1, -0.05) is 20.8 Å². The fourth-order valence-corrected chi connectivity index (χ4v) is 3.80. The topological polar surface area (TPSA) is 78.9 Å². The zero-order valence-corrected chi connectivity index (χ0v) is 13.9. The Morgan fingerprint density at radius 2 is 1.80 bits per heavy atom. The summed E-state index contributed by atoms with van der Waals surface area (Å²) >= 11 is 0. The van der Waals surface area contributed by atoms with E-state index < -0.39 is 16.3 Å². The van der Waals surface area contributed by atoms with Crippen molar-refractivity contribution in [2.45, 2.75) is 59.4 Å². The molecule has 0 aliphatic carbocycles. The Balaban J connectivity index is 2.53. The van der Waals surface area contributed by atoms with E-state index in [0.717, 1.165) is 0 Å². The summed E-state index contributed by atoms with van der Waals surface area (Å²) < 4.78 is 33.8. The summed E-state index contributed by atoms with van der Waals surface area (Å²) in [5, 5.41) is 9.88. The molecule has 2 N–H and O–H groups in total. The van der Waals surface area contributed by atoms with E-state index in [0.29, 0.717) is 19.5 Å². The molecule has 3 unspecified atom stereocenters. The molecule has 0 saturated carbocycles. The van der Waals surface area contributed by atoms with Gasteiger partial charge in [0.25, 0.3) is 10.2 Å². The van der Waals surface area contributed by atoms with Gasteiger partial charge >= 0.3 is 0 Å². The third kappa shape index (κ3) is 6.05. The van der Waals surface area contributed by atoms with Crippen LogP contribution in [0.4, 0.5) is 0 Å². The minimum atomic E-state index is -3.56. The second-order valence-corrected chi connectivity index (χ2v) is 8.60. The van der Waals surface area contributed by atoms with Crippen LogP contribution in [0.25, 0.3) is 0 Å². The van der Waals surface area contributed by atoms with E-state index in [1.807, 2.05) is 34.6 Å². The highest BCUT2D eigenvalue weighted by Gasteiger charge is 2.31. The van der Waals surface area contributed by atoms with Crippen LogP contribution in [0.5, 0.6) is 0 Å². The highest BCUT2D eigenvalue weighted by atomic mass is 32.2. The normalized spacial score (nSPS) is 27.5. The van der Waals surface area contributed by atoms with Gasteiger partial charge < -0.3 is 9.84 Å². The molecule has 1 rings (SSSR count). The highest BCUT2D eigenvalue weighted by molar-refractivity contribution is 7.87. The highest BCUT2D eigenvalue weighted by Crippen LogP contribution is 2.20. The number of aliphatic hydroxyl groups excluding tert-OH is 1. The van der Waals surface area contributed by atoms with Gasteiger partial charge in [-0.25, -0.2) is 0 Å². The van der Waals surface area contributed by atoms with Crippen LogP contribution in [0.15, 0.2) is 0 Å². The van der Waals surface area contributed by atoms with Gasteiger partial charge in [0.2, 0.25) is 0 Å². The largest absolute Gasteiger partial charge is 0.392 e. The number of aliphatic hydroxyl groups is 1. The Hall–Kier alpha value is -0.210. The van der Waals surface area contributed by atoms with Crippen LogP contribution in [-0.4, -0.2) is 55.8 Å². The quantitative estimate of drug-likeness (QED) is 0.785. The predicted molar refractivity (Wildman–Crippen MR) is 78.6 cm³/mol. The average molecular weight is 308 g/mol. The van der Waals surface area contributed by atoms with Gasteiger partial charge in [-0.3, -0.25) is 0 Å². The first-order valence-corrected chi connectivity index (χ1v) is 8.52. The molecular formula is C13H28N2O4S. The number of hydrogen-bond donors (Lipinski definition) is 2. The number of nitrogens with one attached hydrogen (secondary N) is 1. The van der Waals surface area contributed by atoms with Crippen LogP contribution in [-0.2, 0) is 14.9 Å². The van der Waals surface area contributed by atoms with Crippen LogP contribution < -0.4 is 4.72 Å². The molecule has 1 heterocycles. The lowest BCUT2D eigenvalue weighted by Crippen LogP contribution is -2.52. The molecule has 0 amide bonds. The number of hydrogen-bond acceptors (Lipinski definition) is 4. The van der Waals surface area contributed by atoms with Crippen LogP contribution in [0, 0.1) is 5.41 Å². The van der Waals surface area contributed by atoms with Crippen LogP contribution >= 0.6 is 0 Å². The van der Waals surface area contributed by atoms with Gasteiger partial charge in [-0.05, 0) is 25.7 Å². The third-order valence-corrected chi connectivity index (χ3v) is 4.58. The van der Waals surface area contributed by atoms with E-state index in [4.69, 9.17) is 4.74 Å². The third-order valence-electron chi connectivity index (χ3n) is 3.08. The summed E-state index contributed by atoms with van der Waals surface area (Å²) in [6.45, 7) is 10.5. The van der Waals surface area contributed by atoms with Crippen molar-refractivity contribution in [3.8, 4) is 0 Å². The van der Waals surface area contributed by atoms with Gasteiger partial charge in [0.05, 0.1) is 18.3 Å². The van der Waals surface area contributed by atoms with Gasteiger partial charge in [0, 0.05) is 19.6 Å². The molecule has 0 aromatic carbocycles. The maximum absolute atomic E-state index is 12.2. The molecule has 1 saturated heterocycles. The smallest absolute Gasteiger partial charge is 0.279 e. The summed E-state index contributed by atoms with van der Waals surface area (Å²) in [4.78, 5) is 0. The van der Waals surface area contributed by atoms with E-state index in [2.05, 4.69) is 4.72 Å². The van der Waals surface area contributed by atoms with Crippen molar-refractivity contribution >= 4 is 10.2 Å². The maximum atomic E-state index is 12.2. The molecule has 0 aromatic heterocycles. The molecule has 120 valence electrons. The Bertz CT molecular complexity index is 395. The van der Waals surface area contributed by atoms with Crippen molar-refractivity contribution in [2.75, 3.05) is 19.6 Å². The van der Waals surface area contributed by atoms with Crippen LogP contribution in [0.2, 0.25) is 0 Å². The molecule has 7 heteroatoms. The van der Waals surface area contributed by atoms with Gasteiger partial charge in [-0.2, -0.15) is 17.4 Å². The fraction of sp³-hybridized carbons (Fsp3) is 1.00. The lowest BCUT2D eigenvalue weighted by molar-refractivity contribution is -0.0444. The lowest BCUT2D eigenvalue weighted by Gasteiger charge is -2.34.